The number of ether oxygens (including phenoxy) is 1. The number of rotatable bonds is 7. The van der Waals surface area contributed by atoms with E-state index in [0.717, 1.165) is 22.6 Å². The number of carbonyl (C=O) groups is 1. The zero-order valence-corrected chi connectivity index (χ0v) is 17.6. The number of nitrogens with one attached hydrogen (secondary N) is 1. The van der Waals surface area contributed by atoms with Crippen molar-refractivity contribution in [2.45, 2.75) is 20.4 Å². The monoisotopic (exact) mass is 412 g/mol. The molecule has 0 fully saturated rings. The highest BCUT2D eigenvalue weighted by molar-refractivity contribution is 6.30. The van der Waals surface area contributed by atoms with E-state index in [1.165, 1.54) is 0 Å². The van der Waals surface area contributed by atoms with E-state index < -0.39 is 0 Å². The molecule has 0 saturated heterocycles. The van der Waals surface area contributed by atoms with Crippen molar-refractivity contribution < 1.29 is 9.53 Å². The molecule has 2 aromatic carbocycles. The van der Waals surface area contributed by atoms with Crippen molar-refractivity contribution in [1.82, 2.24) is 14.7 Å². The van der Waals surface area contributed by atoms with Gasteiger partial charge in [-0.05, 0) is 55.8 Å². The van der Waals surface area contributed by atoms with Gasteiger partial charge < -0.3 is 15.0 Å². The van der Waals surface area contributed by atoms with Crippen LogP contribution in [0.2, 0.25) is 5.02 Å². The molecule has 1 N–H and O–H groups in total. The summed E-state index contributed by atoms with van der Waals surface area (Å²) < 4.78 is 7.59. The summed E-state index contributed by atoms with van der Waals surface area (Å²) in [6, 6.07) is 16.8. The lowest BCUT2D eigenvalue weighted by molar-refractivity contribution is 0.207. The normalized spacial score (nSPS) is 10.6. The Morgan fingerprint density at radius 1 is 1.17 bits per heavy atom. The number of halogens is 1. The van der Waals surface area contributed by atoms with Crippen molar-refractivity contribution in [3.63, 3.8) is 0 Å². The third kappa shape index (κ3) is 5.99. The molecule has 0 aliphatic heterocycles. The lowest BCUT2D eigenvalue weighted by Gasteiger charge is -2.18. The molecule has 0 unspecified atom stereocenters. The zero-order valence-electron chi connectivity index (χ0n) is 16.9. The molecule has 0 bridgehead atoms. The summed E-state index contributed by atoms with van der Waals surface area (Å²) in [4.78, 5) is 14.0. The predicted molar refractivity (Wildman–Crippen MR) is 116 cm³/mol. The molecule has 152 valence electrons. The van der Waals surface area contributed by atoms with E-state index in [2.05, 4.69) is 10.4 Å². The topological polar surface area (TPSA) is 59.4 Å². The van der Waals surface area contributed by atoms with Crippen molar-refractivity contribution in [2.24, 2.45) is 0 Å². The summed E-state index contributed by atoms with van der Waals surface area (Å²) in [7, 11) is 1.73. The number of anilines is 1. The second-order valence-electron chi connectivity index (χ2n) is 6.94. The second kappa shape index (κ2) is 9.47. The van der Waals surface area contributed by atoms with Crippen molar-refractivity contribution in [1.29, 1.82) is 0 Å². The Balaban J connectivity index is 1.52. The second-order valence-corrected chi connectivity index (χ2v) is 7.38. The highest BCUT2D eigenvalue weighted by Crippen LogP contribution is 2.17. The molecule has 0 atom stereocenters. The molecule has 2 amide bonds. The number of nitrogens with zero attached hydrogens (tertiary/aromatic N) is 3. The fourth-order valence-corrected chi connectivity index (χ4v) is 3.11. The number of hydrogen-bond acceptors (Lipinski definition) is 3. The molecule has 29 heavy (non-hydrogen) atoms. The first-order valence-electron chi connectivity index (χ1n) is 9.41. The third-order valence-electron chi connectivity index (χ3n) is 4.45. The average molecular weight is 413 g/mol. The predicted octanol–water partition coefficient (Wildman–Crippen LogP) is 4.74. The van der Waals surface area contributed by atoms with Gasteiger partial charge in [0, 0.05) is 23.5 Å². The van der Waals surface area contributed by atoms with Gasteiger partial charge in [-0.2, -0.15) is 5.10 Å². The van der Waals surface area contributed by atoms with Gasteiger partial charge in [0.05, 0.1) is 18.8 Å². The highest BCUT2D eigenvalue weighted by atomic mass is 35.5. The fraction of sp³-hybridized carbons (Fsp3) is 0.273. The molecule has 1 heterocycles. The van der Waals surface area contributed by atoms with Gasteiger partial charge in [0.1, 0.15) is 12.4 Å². The Hall–Kier alpha value is -2.99. The van der Waals surface area contributed by atoms with Crippen LogP contribution in [0.25, 0.3) is 0 Å². The van der Waals surface area contributed by atoms with Gasteiger partial charge >= 0.3 is 6.03 Å². The summed E-state index contributed by atoms with van der Waals surface area (Å²) in [6.07, 6.45) is 0. The summed E-state index contributed by atoms with van der Waals surface area (Å²) in [5, 5.41) is 8.03. The van der Waals surface area contributed by atoms with Gasteiger partial charge in [0.2, 0.25) is 0 Å². The molecule has 0 spiro atoms. The molecular formula is C22H25ClN4O2. The Morgan fingerprint density at radius 2 is 1.97 bits per heavy atom. The van der Waals surface area contributed by atoms with E-state index in [1.807, 2.05) is 61.0 Å². The maximum atomic E-state index is 12.5. The first kappa shape index (κ1) is 20.7. The molecule has 0 aliphatic carbocycles. The van der Waals surface area contributed by atoms with Crippen LogP contribution in [0.3, 0.4) is 0 Å². The van der Waals surface area contributed by atoms with E-state index in [-0.39, 0.29) is 6.03 Å². The lowest BCUT2D eigenvalue weighted by Crippen LogP contribution is -2.34. The third-order valence-corrected chi connectivity index (χ3v) is 4.69. The van der Waals surface area contributed by atoms with Crippen LogP contribution in [0.15, 0.2) is 54.6 Å². The van der Waals surface area contributed by atoms with E-state index in [0.29, 0.717) is 30.5 Å². The fourth-order valence-electron chi connectivity index (χ4n) is 2.93. The Bertz CT molecular complexity index is 986. The number of amides is 2. The Labute approximate surface area is 176 Å². The van der Waals surface area contributed by atoms with Crippen molar-refractivity contribution in [3.8, 4) is 5.75 Å². The standard InChI is InChI=1S/C22H25ClN4O2/c1-16-12-17(2)27(25-16)15-18-6-4-8-20(13-18)24-22(28)26(3)10-11-29-21-9-5-7-19(23)14-21/h4-9,12-14H,10-11,15H2,1-3H3,(H,24,28). The largest absolute Gasteiger partial charge is 0.492 e. The molecule has 3 rings (SSSR count). The molecule has 7 heteroatoms. The average Bonchev–Trinajstić information content (AvgIpc) is 2.99. The number of hydrogen-bond donors (Lipinski definition) is 1. The number of carbonyl (C=O) groups excluding carboxylic acids is 1. The Kier molecular flexibility index (Phi) is 6.77. The summed E-state index contributed by atoms with van der Waals surface area (Å²) in [5.74, 6) is 0.683. The van der Waals surface area contributed by atoms with E-state index in [9.17, 15) is 4.79 Å². The van der Waals surface area contributed by atoms with Crippen LogP contribution in [0.5, 0.6) is 5.75 Å². The highest BCUT2D eigenvalue weighted by Gasteiger charge is 2.10. The number of urea groups is 1. The van der Waals surface area contributed by atoms with Crippen LogP contribution in [0, 0.1) is 13.8 Å². The van der Waals surface area contributed by atoms with Crippen LogP contribution >= 0.6 is 11.6 Å². The van der Waals surface area contributed by atoms with Crippen molar-refractivity contribution in [3.05, 3.63) is 76.6 Å². The van der Waals surface area contributed by atoms with Crippen LogP contribution in [0.4, 0.5) is 10.5 Å². The first-order chi connectivity index (χ1) is 13.9. The lowest BCUT2D eigenvalue weighted by atomic mass is 10.2. The zero-order chi connectivity index (χ0) is 20.8. The number of aryl methyl sites for hydroxylation is 2. The van der Waals surface area contributed by atoms with Crippen molar-refractivity contribution in [2.75, 3.05) is 25.5 Å². The summed E-state index contributed by atoms with van der Waals surface area (Å²) in [5.41, 5.74) is 3.92. The smallest absolute Gasteiger partial charge is 0.321 e. The van der Waals surface area contributed by atoms with Gasteiger partial charge in [0.25, 0.3) is 0 Å². The van der Waals surface area contributed by atoms with Gasteiger partial charge in [-0.25, -0.2) is 4.79 Å². The molecule has 0 aliphatic rings. The van der Waals surface area contributed by atoms with Gasteiger partial charge in [-0.15, -0.1) is 0 Å². The van der Waals surface area contributed by atoms with Gasteiger partial charge in [-0.1, -0.05) is 29.8 Å². The molecule has 1 aromatic heterocycles. The van der Waals surface area contributed by atoms with E-state index in [4.69, 9.17) is 16.3 Å². The number of likely N-dealkylation sites (N-methyl/N-ethyl adjacent to an activating group) is 1. The summed E-state index contributed by atoms with van der Waals surface area (Å²) >= 11 is 5.94. The minimum atomic E-state index is -0.192. The SMILES string of the molecule is Cc1cc(C)n(Cc2cccc(NC(=O)N(C)CCOc3cccc(Cl)c3)c2)n1. The minimum absolute atomic E-state index is 0.192. The van der Waals surface area contributed by atoms with Gasteiger partial charge in [-0.3, -0.25) is 4.68 Å². The number of benzene rings is 2. The van der Waals surface area contributed by atoms with Crippen molar-refractivity contribution >= 4 is 23.3 Å². The molecule has 0 radical (unpaired) electrons. The van der Waals surface area contributed by atoms with Crippen LogP contribution in [-0.2, 0) is 6.54 Å². The maximum Gasteiger partial charge on any atom is 0.321 e. The minimum Gasteiger partial charge on any atom is -0.492 e. The first-order valence-corrected chi connectivity index (χ1v) is 9.79. The van der Waals surface area contributed by atoms with E-state index in [1.54, 1.807) is 24.1 Å². The van der Waals surface area contributed by atoms with Crippen LogP contribution < -0.4 is 10.1 Å². The maximum absolute atomic E-state index is 12.5. The van der Waals surface area contributed by atoms with Crippen LogP contribution in [0.1, 0.15) is 17.0 Å². The Morgan fingerprint density at radius 3 is 2.69 bits per heavy atom. The molecular weight excluding hydrogens is 388 g/mol. The molecule has 0 saturated carbocycles. The quantitative estimate of drug-likeness (QED) is 0.609. The number of aromatic nitrogens is 2. The van der Waals surface area contributed by atoms with E-state index >= 15 is 0 Å². The van der Waals surface area contributed by atoms with Gasteiger partial charge in [0.15, 0.2) is 0 Å². The van der Waals surface area contributed by atoms with Crippen LogP contribution in [-0.4, -0.2) is 40.9 Å². The summed E-state index contributed by atoms with van der Waals surface area (Å²) in [6.45, 7) is 5.50. The molecule has 3 aromatic rings. The molecule has 6 nitrogen and oxygen atoms in total.